The van der Waals surface area contributed by atoms with Crippen LogP contribution in [0.5, 0.6) is 0 Å². The zero-order chi connectivity index (χ0) is 25.2. The van der Waals surface area contributed by atoms with Crippen molar-refractivity contribution in [2.75, 3.05) is 6.61 Å². The third kappa shape index (κ3) is 5.03. The largest absolute Gasteiger partial charge is 0.459 e. The van der Waals surface area contributed by atoms with E-state index < -0.39 is 24.1 Å². The van der Waals surface area contributed by atoms with Crippen molar-refractivity contribution in [3.05, 3.63) is 93.8 Å². The van der Waals surface area contributed by atoms with Crippen molar-refractivity contribution < 1.29 is 23.8 Å². The highest BCUT2D eigenvalue weighted by Crippen LogP contribution is 2.35. The molecule has 0 N–H and O–H groups in total. The fourth-order valence-electron chi connectivity index (χ4n) is 4.42. The number of hydrogen-bond donors (Lipinski definition) is 0. The van der Waals surface area contributed by atoms with Gasteiger partial charge in [-0.05, 0) is 44.2 Å². The Bertz CT molecular complexity index is 1290. The Morgan fingerprint density at radius 1 is 1.00 bits per heavy atom. The molecule has 8 heteroatoms. The fourth-order valence-corrected chi connectivity index (χ4v) is 4.64. The van der Waals surface area contributed by atoms with Crippen molar-refractivity contribution in [3.8, 4) is 0 Å². The number of carbonyl (C=O) groups is 2. The molecule has 3 aliphatic rings. The first-order chi connectivity index (χ1) is 17.4. The molecule has 184 valence electrons. The van der Waals surface area contributed by atoms with Crippen LogP contribution in [0.1, 0.15) is 38.3 Å². The Balaban J connectivity index is 1.32. The smallest absolute Gasteiger partial charge is 0.338 e. The first-order valence-electron chi connectivity index (χ1n) is 11.7. The Kier molecular flexibility index (Phi) is 6.85. The van der Waals surface area contributed by atoms with Crippen molar-refractivity contribution in [1.29, 1.82) is 0 Å². The summed E-state index contributed by atoms with van der Waals surface area (Å²) in [5.74, 6) is -1.19. The van der Waals surface area contributed by atoms with Crippen LogP contribution in [0.3, 0.4) is 0 Å². The maximum absolute atomic E-state index is 12.9. The van der Waals surface area contributed by atoms with Crippen LogP contribution in [0.4, 0.5) is 0 Å². The molecule has 1 saturated heterocycles. The van der Waals surface area contributed by atoms with Crippen molar-refractivity contribution in [3.63, 3.8) is 0 Å². The highest BCUT2D eigenvalue weighted by molar-refractivity contribution is 6.35. The topological polar surface area (TPSA) is 86.6 Å². The fraction of sp³-hybridized carbons (Fsp3) is 0.286. The summed E-state index contributed by atoms with van der Waals surface area (Å²) in [4.78, 5) is 34.2. The predicted molar refractivity (Wildman–Crippen MR) is 137 cm³/mol. The van der Waals surface area contributed by atoms with Crippen LogP contribution in [-0.4, -0.2) is 48.8 Å². The number of esters is 2. The maximum atomic E-state index is 12.9. The molecule has 3 aliphatic heterocycles. The number of fused-ring (bicyclic) bond motifs is 1. The summed E-state index contributed by atoms with van der Waals surface area (Å²) in [6.07, 6.45) is 3.94. The lowest BCUT2D eigenvalue weighted by Crippen LogP contribution is -2.33. The van der Waals surface area contributed by atoms with Gasteiger partial charge in [-0.3, -0.25) is 4.99 Å². The second kappa shape index (κ2) is 10.2. The normalized spacial score (nSPS) is 24.5. The van der Waals surface area contributed by atoms with E-state index in [9.17, 15) is 9.59 Å². The summed E-state index contributed by atoms with van der Waals surface area (Å²) in [7, 11) is 0. The molecule has 0 amide bonds. The van der Waals surface area contributed by atoms with Gasteiger partial charge in [-0.2, -0.15) is 0 Å². The Morgan fingerprint density at radius 2 is 1.64 bits per heavy atom. The molecule has 36 heavy (non-hydrogen) atoms. The number of aryl methyl sites for hydroxylation is 2. The minimum Gasteiger partial charge on any atom is -0.459 e. The first kappa shape index (κ1) is 24.2. The summed E-state index contributed by atoms with van der Waals surface area (Å²) in [5.41, 5.74) is 4.50. The molecule has 7 nitrogen and oxygen atoms in total. The molecule has 0 bridgehead atoms. The van der Waals surface area contributed by atoms with E-state index in [0.29, 0.717) is 22.7 Å². The average molecular weight is 505 g/mol. The van der Waals surface area contributed by atoms with Gasteiger partial charge in [0.2, 0.25) is 0 Å². The van der Waals surface area contributed by atoms with Crippen LogP contribution in [0, 0.1) is 19.8 Å². The minimum atomic E-state index is -0.646. The van der Waals surface area contributed by atoms with E-state index in [4.69, 9.17) is 25.8 Å². The molecule has 1 fully saturated rings. The van der Waals surface area contributed by atoms with Crippen molar-refractivity contribution in [2.24, 2.45) is 15.9 Å². The van der Waals surface area contributed by atoms with Crippen LogP contribution >= 0.6 is 11.6 Å². The molecule has 0 aromatic heterocycles. The number of carbonyl (C=O) groups excluding carboxylic acids is 2. The second-order valence-corrected chi connectivity index (χ2v) is 9.42. The van der Waals surface area contributed by atoms with Gasteiger partial charge >= 0.3 is 11.9 Å². The zero-order valence-electron chi connectivity index (χ0n) is 19.9. The second-order valence-electron chi connectivity index (χ2n) is 9.06. The molecule has 5 rings (SSSR count). The number of rotatable bonds is 6. The van der Waals surface area contributed by atoms with Gasteiger partial charge in [-0.1, -0.05) is 47.0 Å². The van der Waals surface area contributed by atoms with Gasteiger partial charge in [-0.25, -0.2) is 14.6 Å². The number of hydrogen-bond acceptors (Lipinski definition) is 7. The standard InChI is InChI=1S/C28H25ClN2O5/c1-16-3-7-18(8-4-16)27(32)34-15-24-23(36-28(33)19-9-5-17(2)6-10-19)13-22(35-24)21-14-31-26(29)20-11-12-30-25(20)21/h3-12,14,21-24H,13,15H2,1-2H3. The maximum Gasteiger partial charge on any atom is 0.338 e. The van der Waals surface area contributed by atoms with Gasteiger partial charge in [0.05, 0.1) is 28.9 Å². The summed E-state index contributed by atoms with van der Waals surface area (Å²) in [6, 6.07) is 14.3. The monoisotopic (exact) mass is 504 g/mol. The van der Waals surface area contributed by atoms with Crippen molar-refractivity contribution in [2.45, 2.75) is 38.6 Å². The summed E-state index contributed by atoms with van der Waals surface area (Å²) in [5, 5.41) is 0.377. The number of aliphatic imine (C=N–C) groups is 2. The van der Waals surface area contributed by atoms with Crippen LogP contribution in [0.25, 0.3) is 0 Å². The number of ether oxygens (including phenoxy) is 3. The van der Waals surface area contributed by atoms with Crippen LogP contribution in [0.15, 0.2) is 81.5 Å². The number of halogens is 1. The molecule has 3 heterocycles. The summed E-state index contributed by atoms with van der Waals surface area (Å²) < 4.78 is 17.7. The van der Waals surface area contributed by atoms with Gasteiger partial charge in [0.25, 0.3) is 0 Å². The molecule has 4 atom stereocenters. The summed E-state index contributed by atoms with van der Waals surface area (Å²) >= 11 is 6.23. The van der Waals surface area contributed by atoms with E-state index >= 15 is 0 Å². The van der Waals surface area contributed by atoms with Gasteiger partial charge in [0.15, 0.2) is 0 Å². The average Bonchev–Trinajstić information content (AvgIpc) is 3.52. The van der Waals surface area contributed by atoms with E-state index in [1.165, 1.54) is 0 Å². The number of nitrogens with zero attached hydrogens (tertiary/aromatic N) is 2. The number of benzene rings is 2. The SMILES string of the molecule is Cc1ccc(C(=O)OCC2OC(C3C=NC(Cl)=C4C=CN=C43)CC2OC(=O)c2ccc(C)cc2)cc1. The van der Waals surface area contributed by atoms with Gasteiger partial charge < -0.3 is 14.2 Å². The lowest BCUT2D eigenvalue weighted by Gasteiger charge is -2.23. The van der Waals surface area contributed by atoms with Crippen LogP contribution in [-0.2, 0) is 14.2 Å². The summed E-state index contributed by atoms with van der Waals surface area (Å²) in [6.45, 7) is 3.83. The zero-order valence-corrected chi connectivity index (χ0v) is 20.6. The molecule has 4 unspecified atom stereocenters. The Hall–Kier alpha value is -3.55. The van der Waals surface area contributed by atoms with E-state index in [1.807, 2.05) is 44.2 Å². The van der Waals surface area contributed by atoms with Gasteiger partial charge in [-0.15, -0.1) is 0 Å². The minimum absolute atomic E-state index is 0.0624. The molecule has 2 aromatic rings. The van der Waals surface area contributed by atoms with Crippen molar-refractivity contribution in [1.82, 2.24) is 0 Å². The predicted octanol–water partition coefficient (Wildman–Crippen LogP) is 4.96. The molecule has 2 aromatic carbocycles. The van der Waals surface area contributed by atoms with E-state index in [1.54, 1.807) is 36.7 Å². The molecule has 0 aliphatic carbocycles. The van der Waals surface area contributed by atoms with Gasteiger partial charge in [0, 0.05) is 24.4 Å². The Labute approximate surface area is 214 Å². The van der Waals surface area contributed by atoms with Gasteiger partial charge in [0.1, 0.15) is 24.0 Å². The molecular formula is C28H25ClN2O5. The van der Waals surface area contributed by atoms with E-state index in [0.717, 1.165) is 22.4 Å². The highest BCUT2D eigenvalue weighted by atomic mass is 35.5. The first-order valence-corrected chi connectivity index (χ1v) is 12.1. The number of allylic oxidation sites excluding steroid dienone is 2. The van der Waals surface area contributed by atoms with E-state index in [2.05, 4.69) is 9.98 Å². The molecule has 0 saturated carbocycles. The molecular weight excluding hydrogens is 480 g/mol. The quantitative estimate of drug-likeness (QED) is 0.410. The molecule has 0 radical (unpaired) electrons. The lowest BCUT2D eigenvalue weighted by atomic mass is 9.90. The van der Waals surface area contributed by atoms with Crippen LogP contribution < -0.4 is 0 Å². The van der Waals surface area contributed by atoms with Crippen LogP contribution in [0.2, 0.25) is 0 Å². The Morgan fingerprint density at radius 3 is 2.31 bits per heavy atom. The van der Waals surface area contributed by atoms with E-state index in [-0.39, 0.29) is 18.6 Å². The van der Waals surface area contributed by atoms with Crippen molar-refractivity contribution >= 4 is 35.5 Å². The molecule has 0 spiro atoms. The lowest BCUT2D eigenvalue weighted by molar-refractivity contribution is -0.0437. The third-order valence-electron chi connectivity index (χ3n) is 6.46. The highest BCUT2D eigenvalue weighted by Gasteiger charge is 2.44. The third-order valence-corrected chi connectivity index (χ3v) is 6.76.